The predicted octanol–water partition coefficient (Wildman–Crippen LogP) is 4.13. The summed E-state index contributed by atoms with van der Waals surface area (Å²) < 4.78 is 7.17. The van der Waals surface area contributed by atoms with Gasteiger partial charge in [-0.3, -0.25) is 0 Å². The molecule has 2 aromatic carbocycles. The molecule has 4 heteroatoms. The van der Waals surface area contributed by atoms with Crippen LogP contribution in [0.4, 0.5) is 0 Å². The molecule has 1 aromatic heterocycles. The number of hydrogen-bond donors (Lipinski definition) is 1. The Balaban J connectivity index is 2.05. The molecule has 24 heavy (non-hydrogen) atoms. The number of methoxy groups -OCH3 is 1. The summed E-state index contributed by atoms with van der Waals surface area (Å²) in [7, 11) is 1.66. The van der Waals surface area contributed by atoms with E-state index in [0.717, 1.165) is 28.4 Å². The fourth-order valence-electron chi connectivity index (χ4n) is 2.69. The summed E-state index contributed by atoms with van der Waals surface area (Å²) in [4.78, 5) is 0. The third kappa shape index (κ3) is 3.19. The second kappa shape index (κ2) is 6.89. The Labute approximate surface area is 142 Å². The van der Waals surface area contributed by atoms with Crippen molar-refractivity contribution in [2.45, 2.75) is 26.3 Å². The molecule has 0 saturated carbocycles. The number of hydrogen-bond acceptors (Lipinski definition) is 3. The third-order valence-corrected chi connectivity index (χ3v) is 4.16. The molecule has 0 aliphatic carbocycles. The molecular formula is C20H23N3O. The second-order valence-corrected chi connectivity index (χ2v) is 6.11. The van der Waals surface area contributed by atoms with Crippen LogP contribution in [0.25, 0.3) is 16.9 Å². The normalized spacial score (nSPS) is 11.0. The molecule has 0 amide bonds. The van der Waals surface area contributed by atoms with Crippen LogP contribution < -0.4 is 10.5 Å². The molecule has 3 rings (SSSR count). The zero-order valence-corrected chi connectivity index (χ0v) is 14.4. The molecule has 0 bridgehead atoms. The summed E-state index contributed by atoms with van der Waals surface area (Å²) in [5.74, 6) is 1.35. The van der Waals surface area contributed by atoms with Gasteiger partial charge >= 0.3 is 0 Å². The summed E-state index contributed by atoms with van der Waals surface area (Å²) in [6.07, 6.45) is 0. The van der Waals surface area contributed by atoms with Gasteiger partial charge in [0.05, 0.1) is 24.2 Å². The van der Waals surface area contributed by atoms with E-state index in [4.69, 9.17) is 10.5 Å². The Hall–Kier alpha value is -2.59. The van der Waals surface area contributed by atoms with E-state index in [0.29, 0.717) is 12.5 Å². The van der Waals surface area contributed by atoms with Crippen LogP contribution >= 0.6 is 0 Å². The number of aromatic nitrogens is 2. The van der Waals surface area contributed by atoms with Gasteiger partial charge in [0.15, 0.2) is 0 Å². The zero-order valence-electron chi connectivity index (χ0n) is 14.4. The molecule has 0 fully saturated rings. The molecule has 2 N–H and O–H groups in total. The highest BCUT2D eigenvalue weighted by Gasteiger charge is 2.12. The molecule has 4 nitrogen and oxygen atoms in total. The van der Waals surface area contributed by atoms with Crippen molar-refractivity contribution in [3.63, 3.8) is 0 Å². The zero-order chi connectivity index (χ0) is 17.1. The van der Waals surface area contributed by atoms with Crippen LogP contribution in [0.5, 0.6) is 5.75 Å². The van der Waals surface area contributed by atoms with Crippen LogP contribution in [0, 0.1) is 0 Å². The smallest absolute Gasteiger partial charge is 0.119 e. The van der Waals surface area contributed by atoms with E-state index in [2.05, 4.69) is 49.3 Å². The number of nitrogens with zero attached hydrogens (tertiary/aromatic N) is 2. The summed E-state index contributed by atoms with van der Waals surface area (Å²) >= 11 is 0. The highest BCUT2D eigenvalue weighted by Crippen LogP contribution is 2.26. The quantitative estimate of drug-likeness (QED) is 0.768. The predicted molar refractivity (Wildman–Crippen MR) is 97.5 cm³/mol. The average Bonchev–Trinajstić information content (AvgIpc) is 3.06. The van der Waals surface area contributed by atoms with Crippen LogP contribution in [-0.2, 0) is 6.54 Å². The van der Waals surface area contributed by atoms with E-state index in [9.17, 15) is 0 Å². The van der Waals surface area contributed by atoms with Crippen molar-refractivity contribution in [2.24, 2.45) is 5.73 Å². The Morgan fingerprint density at radius 2 is 1.71 bits per heavy atom. The topological polar surface area (TPSA) is 53.1 Å². The molecule has 124 valence electrons. The van der Waals surface area contributed by atoms with Crippen LogP contribution in [-0.4, -0.2) is 16.9 Å². The maximum atomic E-state index is 5.80. The lowest BCUT2D eigenvalue weighted by Crippen LogP contribution is -2.02. The Morgan fingerprint density at radius 1 is 1.04 bits per heavy atom. The van der Waals surface area contributed by atoms with Gasteiger partial charge in [0.1, 0.15) is 5.75 Å². The standard InChI is InChI=1S/C20H23N3O/c1-14(2)15-4-6-16(7-5-15)20-12-17(13-21)22-23(20)18-8-10-19(24-3)11-9-18/h4-12,14H,13,21H2,1-3H3. The third-order valence-electron chi connectivity index (χ3n) is 4.16. The number of nitrogens with two attached hydrogens (primary N) is 1. The van der Waals surface area contributed by atoms with E-state index in [1.807, 2.05) is 28.9 Å². The molecule has 0 aliphatic heterocycles. The van der Waals surface area contributed by atoms with Gasteiger partial charge in [0.25, 0.3) is 0 Å². The molecular weight excluding hydrogens is 298 g/mol. The van der Waals surface area contributed by atoms with Crippen molar-refractivity contribution in [3.8, 4) is 22.7 Å². The lowest BCUT2D eigenvalue weighted by atomic mass is 10.0. The van der Waals surface area contributed by atoms with E-state index in [1.54, 1.807) is 7.11 Å². The fourth-order valence-corrected chi connectivity index (χ4v) is 2.69. The van der Waals surface area contributed by atoms with Gasteiger partial charge in [-0.1, -0.05) is 38.1 Å². The van der Waals surface area contributed by atoms with Crippen molar-refractivity contribution in [3.05, 3.63) is 65.9 Å². The molecule has 0 radical (unpaired) electrons. The monoisotopic (exact) mass is 321 g/mol. The summed E-state index contributed by atoms with van der Waals surface area (Å²) in [6.45, 7) is 4.81. The molecule has 0 unspecified atom stereocenters. The first-order valence-electron chi connectivity index (χ1n) is 8.16. The molecule has 0 atom stereocenters. The highest BCUT2D eigenvalue weighted by atomic mass is 16.5. The van der Waals surface area contributed by atoms with Gasteiger partial charge in [-0.25, -0.2) is 4.68 Å². The average molecular weight is 321 g/mol. The maximum absolute atomic E-state index is 5.80. The molecule has 0 saturated heterocycles. The van der Waals surface area contributed by atoms with Crippen molar-refractivity contribution in [2.75, 3.05) is 7.11 Å². The second-order valence-electron chi connectivity index (χ2n) is 6.11. The van der Waals surface area contributed by atoms with E-state index >= 15 is 0 Å². The minimum atomic E-state index is 0.417. The first-order valence-corrected chi connectivity index (χ1v) is 8.16. The molecule has 0 aliphatic rings. The minimum Gasteiger partial charge on any atom is -0.497 e. The van der Waals surface area contributed by atoms with Gasteiger partial charge in [-0.15, -0.1) is 0 Å². The van der Waals surface area contributed by atoms with Crippen LogP contribution in [0.15, 0.2) is 54.6 Å². The SMILES string of the molecule is COc1ccc(-n2nc(CN)cc2-c2ccc(C(C)C)cc2)cc1. The molecule has 3 aromatic rings. The molecule has 0 spiro atoms. The lowest BCUT2D eigenvalue weighted by Gasteiger charge is -2.10. The number of benzene rings is 2. The Morgan fingerprint density at radius 3 is 2.25 bits per heavy atom. The summed E-state index contributed by atoms with van der Waals surface area (Å²) in [5, 5.41) is 4.64. The molecule has 1 heterocycles. The van der Waals surface area contributed by atoms with E-state index in [1.165, 1.54) is 5.56 Å². The van der Waals surface area contributed by atoms with Crippen molar-refractivity contribution in [1.82, 2.24) is 9.78 Å². The number of rotatable bonds is 5. The fraction of sp³-hybridized carbons (Fsp3) is 0.250. The first kappa shape index (κ1) is 16.3. The van der Waals surface area contributed by atoms with Gasteiger partial charge in [-0.05, 0) is 41.8 Å². The van der Waals surface area contributed by atoms with Gasteiger partial charge in [0, 0.05) is 12.1 Å². The Kier molecular flexibility index (Phi) is 4.67. The van der Waals surface area contributed by atoms with Gasteiger partial charge in [0.2, 0.25) is 0 Å². The van der Waals surface area contributed by atoms with E-state index < -0.39 is 0 Å². The van der Waals surface area contributed by atoms with Gasteiger partial charge in [-0.2, -0.15) is 5.10 Å². The Bertz CT molecular complexity index is 802. The minimum absolute atomic E-state index is 0.417. The van der Waals surface area contributed by atoms with Crippen LogP contribution in [0.3, 0.4) is 0 Å². The number of ether oxygens (including phenoxy) is 1. The maximum Gasteiger partial charge on any atom is 0.119 e. The lowest BCUT2D eigenvalue weighted by molar-refractivity contribution is 0.414. The van der Waals surface area contributed by atoms with Crippen molar-refractivity contribution in [1.29, 1.82) is 0 Å². The summed E-state index contributed by atoms with van der Waals surface area (Å²) in [6, 6.07) is 18.6. The van der Waals surface area contributed by atoms with Gasteiger partial charge < -0.3 is 10.5 Å². The van der Waals surface area contributed by atoms with Crippen molar-refractivity contribution < 1.29 is 4.74 Å². The largest absolute Gasteiger partial charge is 0.497 e. The summed E-state index contributed by atoms with van der Waals surface area (Å²) in [5.41, 5.74) is 11.1. The van der Waals surface area contributed by atoms with E-state index in [-0.39, 0.29) is 0 Å². The van der Waals surface area contributed by atoms with Crippen molar-refractivity contribution >= 4 is 0 Å². The van der Waals surface area contributed by atoms with Crippen LogP contribution in [0.1, 0.15) is 31.0 Å². The highest BCUT2D eigenvalue weighted by molar-refractivity contribution is 5.63. The first-order chi connectivity index (χ1) is 11.6. The van der Waals surface area contributed by atoms with Crippen LogP contribution in [0.2, 0.25) is 0 Å².